The van der Waals surface area contributed by atoms with E-state index in [4.69, 9.17) is 5.73 Å². The zero-order valence-electron chi connectivity index (χ0n) is 10.4. The maximum absolute atomic E-state index is 5.92. The summed E-state index contributed by atoms with van der Waals surface area (Å²) in [5.74, 6) is 7.08. The van der Waals surface area contributed by atoms with E-state index in [1.807, 2.05) is 30.3 Å². The van der Waals surface area contributed by atoms with Gasteiger partial charge in [-0.25, -0.2) is 0 Å². The summed E-state index contributed by atoms with van der Waals surface area (Å²) in [6, 6.07) is 10.4. The monoisotopic (exact) mass is 228 g/mol. The summed E-state index contributed by atoms with van der Waals surface area (Å²) < 4.78 is 0. The number of nitrogens with two attached hydrogens (primary N) is 1. The van der Waals surface area contributed by atoms with Gasteiger partial charge in [-0.15, -0.1) is 0 Å². The lowest BCUT2D eigenvalue weighted by Crippen LogP contribution is -2.29. The third kappa shape index (κ3) is 3.59. The van der Waals surface area contributed by atoms with Crippen molar-refractivity contribution in [2.45, 2.75) is 19.4 Å². The van der Waals surface area contributed by atoms with Crippen LogP contribution in [0.15, 0.2) is 30.3 Å². The average Bonchev–Trinajstić information content (AvgIpc) is 2.79. The summed E-state index contributed by atoms with van der Waals surface area (Å²) in [6.45, 7) is 5.19. The summed E-state index contributed by atoms with van der Waals surface area (Å²) in [5, 5.41) is 0. The Labute approximate surface area is 104 Å². The van der Waals surface area contributed by atoms with Crippen LogP contribution >= 0.6 is 0 Å². The molecule has 0 spiro atoms. The van der Waals surface area contributed by atoms with Crippen molar-refractivity contribution < 1.29 is 0 Å². The molecule has 1 aliphatic rings. The summed E-state index contributed by atoms with van der Waals surface area (Å²) in [6.07, 6.45) is 1.21. The maximum atomic E-state index is 5.92. The first kappa shape index (κ1) is 12.2. The molecular weight excluding hydrogens is 208 g/mol. The van der Waals surface area contributed by atoms with Crippen LogP contribution in [0.2, 0.25) is 0 Å². The summed E-state index contributed by atoms with van der Waals surface area (Å²) in [7, 11) is 0. The van der Waals surface area contributed by atoms with E-state index < -0.39 is 0 Å². The number of likely N-dealkylation sites (tertiary alicyclic amines) is 1. The molecule has 90 valence electrons. The lowest BCUT2D eigenvalue weighted by atomic mass is 10.0. The fourth-order valence-corrected chi connectivity index (χ4v) is 2.21. The highest BCUT2D eigenvalue weighted by Gasteiger charge is 2.24. The molecule has 2 N–H and O–H groups in total. The van der Waals surface area contributed by atoms with Crippen LogP contribution in [-0.4, -0.2) is 30.6 Å². The van der Waals surface area contributed by atoms with Gasteiger partial charge in [0.05, 0.1) is 6.54 Å². The van der Waals surface area contributed by atoms with Gasteiger partial charge in [-0.3, -0.25) is 4.90 Å². The minimum Gasteiger partial charge on any atom is -0.328 e. The normalized spacial score (nSPS) is 21.9. The van der Waals surface area contributed by atoms with E-state index in [1.54, 1.807) is 0 Å². The number of hydrogen-bond donors (Lipinski definition) is 1. The van der Waals surface area contributed by atoms with Crippen LogP contribution in [0.25, 0.3) is 0 Å². The predicted octanol–water partition coefficient (Wildman–Crippen LogP) is 1.71. The Morgan fingerprint density at radius 1 is 1.41 bits per heavy atom. The smallest absolute Gasteiger partial charge is 0.0605 e. The highest BCUT2D eigenvalue weighted by Crippen LogP contribution is 2.17. The van der Waals surface area contributed by atoms with Crippen LogP contribution in [0.3, 0.4) is 0 Å². The molecule has 2 heteroatoms. The molecule has 1 saturated heterocycles. The number of benzene rings is 1. The van der Waals surface area contributed by atoms with Crippen molar-refractivity contribution in [3.05, 3.63) is 35.9 Å². The molecule has 1 aromatic carbocycles. The van der Waals surface area contributed by atoms with Crippen LogP contribution in [0.5, 0.6) is 0 Å². The molecular formula is C15H20N2. The van der Waals surface area contributed by atoms with E-state index in [1.165, 1.54) is 6.42 Å². The minimum absolute atomic E-state index is 0.307. The number of nitrogens with zero attached hydrogens (tertiary/aromatic N) is 1. The summed E-state index contributed by atoms with van der Waals surface area (Å²) in [5.41, 5.74) is 7.01. The quantitative estimate of drug-likeness (QED) is 0.781. The topological polar surface area (TPSA) is 29.3 Å². The molecule has 2 unspecified atom stereocenters. The Bertz CT molecular complexity index is 400. The van der Waals surface area contributed by atoms with Gasteiger partial charge in [0.15, 0.2) is 0 Å². The van der Waals surface area contributed by atoms with Gasteiger partial charge in [-0.2, -0.15) is 0 Å². The Kier molecular flexibility index (Phi) is 4.19. The second-order valence-electron chi connectivity index (χ2n) is 4.81. The Balaban J connectivity index is 1.82. The van der Waals surface area contributed by atoms with Gasteiger partial charge < -0.3 is 5.73 Å². The first-order chi connectivity index (χ1) is 8.25. The van der Waals surface area contributed by atoms with Crippen LogP contribution in [-0.2, 0) is 0 Å². The maximum Gasteiger partial charge on any atom is 0.0605 e. The minimum atomic E-state index is 0.307. The highest BCUT2D eigenvalue weighted by molar-refractivity contribution is 5.33. The predicted molar refractivity (Wildman–Crippen MR) is 71.5 cm³/mol. The van der Waals surface area contributed by atoms with E-state index in [2.05, 4.69) is 23.7 Å². The molecule has 1 aliphatic heterocycles. The third-order valence-electron chi connectivity index (χ3n) is 3.36. The fraction of sp³-hybridized carbons (Fsp3) is 0.467. The van der Waals surface area contributed by atoms with Crippen molar-refractivity contribution in [2.75, 3.05) is 19.6 Å². The van der Waals surface area contributed by atoms with Crippen LogP contribution in [0.4, 0.5) is 0 Å². The summed E-state index contributed by atoms with van der Waals surface area (Å²) in [4.78, 5) is 2.39. The van der Waals surface area contributed by atoms with Gasteiger partial charge in [0.25, 0.3) is 0 Å². The molecule has 2 atom stereocenters. The van der Waals surface area contributed by atoms with Crippen molar-refractivity contribution in [3.63, 3.8) is 0 Å². The molecule has 0 bridgehead atoms. The van der Waals surface area contributed by atoms with E-state index in [0.717, 1.165) is 25.2 Å². The molecule has 1 fully saturated rings. The van der Waals surface area contributed by atoms with Gasteiger partial charge >= 0.3 is 0 Å². The van der Waals surface area contributed by atoms with Crippen molar-refractivity contribution >= 4 is 0 Å². The average molecular weight is 228 g/mol. The second-order valence-corrected chi connectivity index (χ2v) is 4.81. The van der Waals surface area contributed by atoms with Crippen molar-refractivity contribution in [1.82, 2.24) is 4.90 Å². The van der Waals surface area contributed by atoms with Gasteiger partial charge in [0.1, 0.15) is 0 Å². The highest BCUT2D eigenvalue weighted by atomic mass is 15.1. The first-order valence-corrected chi connectivity index (χ1v) is 6.27. The molecule has 0 aromatic heterocycles. The van der Waals surface area contributed by atoms with Crippen LogP contribution in [0, 0.1) is 17.8 Å². The van der Waals surface area contributed by atoms with E-state index in [0.29, 0.717) is 12.0 Å². The lowest BCUT2D eigenvalue weighted by Gasteiger charge is -2.15. The lowest BCUT2D eigenvalue weighted by molar-refractivity contribution is 0.351. The molecule has 0 saturated carbocycles. The van der Waals surface area contributed by atoms with Crippen molar-refractivity contribution in [1.29, 1.82) is 0 Å². The molecule has 0 aliphatic carbocycles. The van der Waals surface area contributed by atoms with Crippen LogP contribution in [0.1, 0.15) is 18.9 Å². The summed E-state index contributed by atoms with van der Waals surface area (Å²) >= 11 is 0. The van der Waals surface area contributed by atoms with Gasteiger partial charge in [-0.05, 0) is 37.9 Å². The van der Waals surface area contributed by atoms with E-state index >= 15 is 0 Å². The molecule has 2 rings (SSSR count). The molecule has 1 heterocycles. The third-order valence-corrected chi connectivity index (χ3v) is 3.36. The molecule has 17 heavy (non-hydrogen) atoms. The van der Waals surface area contributed by atoms with Gasteiger partial charge in [0.2, 0.25) is 0 Å². The fourth-order valence-electron chi connectivity index (χ4n) is 2.21. The Hall–Kier alpha value is -1.30. The standard InChI is InChI=1S/C15H20N2/c1-13(16)15-9-11-17(12-15)10-5-8-14-6-3-2-4-7-14/h2-4,6-7,13,15H,9-12,16H2,1H3. The Morgan fingerprint density at radius 3 is 2.82 bits per heavy atom. The largest absolute Gasteiger partial charge is 0.328 e. The second kappa shape index (κ2) is 5.86. The van der Waals surface area contributed by atoms with Gasteiger partial charge in [-0.1, -0.05) is 30.0 Å². The Morgan fingerprint density at radius 2 is 2.18 bits per heavy atom. The van der Waals surface area contributed by atoms with E-state index in [-0.39, 0.29) is 0 Å². The van der Waals surface area contributed by atoms with Gasteiger partial charge in [0, 0.05) is 18.2 Å². The van der Waals surface area contributed by atoms with E-state index in [9.17, 15) is 0 Å². The molecule has 1 aromatic rings. The zero-order valence-corrected chi connectivity index (χ0v) is 10.4. The van der Waals surface area contributed by atoms with Crippen molar-refractivity contribution in [2.24, 2.45) is 11.7 Å². The molecule has 0 amide bonds. The number of rotatable bonds is 2. The first-order valence-electron chi connectivity index (χ1n) is 6.27. The molecule has 0 radical (unpaired) electrons. The van der Waals surface area contributed by atoms with Crippen LogP contribution < -0.4 is 5.73 Å². The molecule has 2 nitrogen and oxygen atoms in total. The number of hydrogen-bond acceptors (Lipinski definition) is 2. The zero-order chi connectivity index (χ0) is 12.1. The SMILES string of the molecule is CC(N)C1CCN(CC#Cc2ccccc2)C1. The van der Waals surface area contributed by atoms with Crippen molar-refractivity contribution in [3.8, 4) is 11.8 Å².